The first-order chi connectivity index (χ1) is 29.8. The summed E-state index contributed by atoms with van der Waals surface area (Å²) in [6, 6.07) is 87.8. The molecule has 0 unspecified atom stereocenters. The first kappa shape index (κ1) is 35.2. The second-order valence-electron chi connectivity index (χ2n) is 15.3. The predicted octanol–water partition coefficient (Wildman–Crippen LogP) is 16.1. The standard InChI is InChI=1S/C58H40N2/c1-3-15-41(16-4-1)45-19-11-20-46(39-45)42-31-35-49(36-32-42)59(50-37-33-44(34-38-50)53-27-13-18-43-17-7-8-25-52(43)53)51-24-12-21-47(40-51)54-28-14-30-57-58(54)55-26-9-10-29-56(55)60(57)48-22-5-2-6-23-48/h1-40H. The van der Waals surface area contributed by atoms with E-state index in [0.29, 0.717) is 0 Å². The van der Waals surface area contributed by atoms with Crippen LogP contribution in [0.15, 0.2) is 243 Å². The minimum absolute atomic E-state index is 1.09. The van der Waals surface area contributed by atoms with Crippen molar-refractivity contribution in [2.75, 3.05) is 4.90 Å². The van der Waals surface area contributed by atoms with E-state index >= 15 is 0 Å². The molecule has 0 amide bonds. The van der Waals surface area contributed by atoms with E-state index in [1.54, 1.807) is 0 Å². The molecule has 0 N–H and O–H groups in total. The van der Waals surface area contributed by atoms with Crippen molar-refractivity contribution in [3.8, 4) is 50.2 Å². The number of rotatable bonds is 8. The third-order valence-corrected chi connectivity index (χ3v) is 11.8. The normalized spacial score (nSPS) is 11.3. The van der Waals surface area contributed by atoms with Crippen molar-refractivity contribution in [3.63, 3.8) is 0 Å². The maximum atomic E-state index is 2.39. The fraction of sp³-hybridized carbons (Fsp3) is 0. The molecule has 0 atom stereocenters. The number of hydrogen-bond donors (Lipinski definition) is 0. The van der Waals surface area contributed by atoms with Crippen LogP contribution in [0.1, 0.15) is 0 Å². The lowest BCUT2D eigenvalue weighted by Gasteiger charge is -2.26. The van der Waals surface area contributed by atoms with Crippen molar-refractivity contribution in [2.24, 2.45) is 0 Å². The van der Waals surface area contributed by atoms with Gasteiger partial charge >= 0.3 is 0 Å². The van der Waals surface area contributed by atoms with Crippen molar-refractivity contribution < 1.29 is 0 Å². The third-order valence-electron chi connectivity index (χ3n) is 11.8. The molecule has 1 aromatic heterocycles. The van der Waals surface area contributed by atoms with E-state index in [4.69, 9.17) is 0 Å². The van der Waals surface area contributed by atoms with Gasteiger partial charge in [0.1, 0.15) is 0 Å². The van der Waals surface area contributed by atoms with Crippen molar-refractivity contribution in [1.29, 1.82) is 0 Å². The molecular weight excluding hydrogens is 725 g/mol. The molecule has 0 spiro atoms. The van der Waals surface area contributed by atoms with Gasteiger partial charge in [0.05, 0.1) is 11.0 Å². The van der Waals surface area contributed by atoms with Crippen LogP contribution in [0.3, 0.4) is 0 Å². The van der Waals surface area contributed by atoms with Crippen LogP contribution in [0.25, 0.3) is 82.8 Å². The Balaban J connectivity index is 1.04. The van der Waals surface area contributed by atoms with Gasteiger partial charge in [0, 0.05) is 33.5 Å². The lowest BCUT2D eigenvalue weighted by atomic mass is 9.97. The minimum Gasteiger partial charge on any atom is -0.310 e. The number of fused-ring (bicyclic) bond motifs is 4. The lowest BCUT2D eigenvalue weighted by Crippen LogP contribution is -2.10. The molecule has 0 saturated carbocycles. The van der Waals surface area contributed by atoms with Gasteiger partial charge in [0.2, 0.25) is 0 Å². The van der Waals surface area contributed by atoms with E-state index in [1.807, 2.05) is 0 Å². The number of hydrogen-bond acceptors (Lipinski definition) is 1. The van der Waals surface area contributed by atoms with Crippen LogP contribution in [0.4, 0.5) is 17.1 Å². The Morgan fingerprint density at radius 1 is 0.283 bits per heavy atom. The van der Waals surface area contributed by atoms with Gasteiger partial charge in [-0.15, -0.1) is 0 Å². The summed E-state index contributed by atoms with van der Waals surface area (Å²) in [4.78, 5) is 2.38. The van der Waals surface area contributed by atoms with Gasteiger partial charge in [0.15, 0.2) is 0 Å². The predicted molar refractivity (Wildman–Crippen MR) is 255 cm³/mol. The average Bonchev–Trinajstić information content (AvgIpc) is 3.67. The molecule has 0 aliphatic rings. The summed E-state index contributed by atoms with van der Waals surface area (Å²) in [6.07, 6.45) is 0. The summed E-state index contributed by atoms with van der Waals surface area (Å²) < 4.78 is 2.39. The van der Waals surface area contributed by atoms with Crippen LogP contribution < -0.4 is 4.90 Å². The highest BCUT2D eigenvalue weighted by atomic mass is 15.1. The van der Waals surface area contributed by atoms with E-state index in [0.717, 1.165) is 22.7 Å². The highest BCUT2D eigenvalue weighted by Crippen LogP contribution is 2.42. The van der Waals surface area contributed by atoms with Crippen LogP contribution >= 0.6 is 0 Å². The molecule has 11 rings (SSSR count). The Morgan fingerprint density at radius 2 is 0.800 bits per heavy atom. The van der Waals surface area contributed by atoms with E-state index in [9.17, 15) is 0 Å². The highest BCUT2D eigenvalue weighted by Gasteiger charge is 2.19. The van der Waals surface area contributed by atoms with Gasteiger partial charge in [-0.3, -0.25) is 0 Å². The SMILES string of the molecule is c1ccc(-c2cccc(-c3ccc(N(c4ccc(-c5cccc6ccccc56)cc4)c4cccc(-c5cccc6c5c5ccccc5n6-c5ccccc5)c4)cc3)c2)cc1. The second kappa shape index (κ2) is 15.1. The zero-order valence-electron chi connectivity index (χ0n) is 33.0. The van der Waals surface area contributed by atoms with Crippen molar-refractivity contribution in [1.82, 2.24) is 4.57 Å². The van der Waals surface area contributed by atoms with Crippen LogP contribution in [0.2, 0.25) is 0 Å². The smallest absolute Gasteiger partial charge is 0.0547 e. The zero-order chi connectivity index (χ0) is 39.8. The Hall–Kier alpha value is -7.94. The minimum atomic E-state index is 1.09. The molecule has 2 nitrogen and oxygen atoms in total. The Bertz CT molecular complexity index is 3280. The second-order valence-corrected chi connectivity index (χ2v) is 15.3. The largest absolute Gasteiger partial charge is 0.310 e. The van der Waals surface area contributed by atoms with Gasteiger partial charge in [-0.2, -0.15) is 0 Å². The number of para-hydroxylation sites is 2. The van der Waals surface area contributed by atoms with Crippen molar-refractivity contribution >= 4 is 49.6 Å². The number of benzene rings is 10. The van der Waals surface area contributed by atoms with E-state index in [-0.39, 0.29) is 0 Å². The number of nitrogens with zero attached hydrogens (tertiary/aromatic N) is 2. The molecule has 282 valence electrons. The Kier molecular flexibility index (Phi) is 8.87. The average molecular weight is 765 g/mol. The van der Waals surface area contributed by atoms with Gasteiger partial charge < -0.3 is 9.47 Å². The molecule has 0 fully saturated rings. The fourth-order valence-electron chi connectivity index (χ4n) is 8.95. The molecule has 1 heterocycles. The van der Waals surface area contributed by atoms with Crippen LogP contribution in [0.5, 0.6) is 0 Å². The number of anilines is 3. The molecule has 0 saturated heterocycles. The monoisotopic (exact) mass is 764 g/mol. The molecule has 2 heteroatoms. The first-order valence-electron chi connectivity index (χ1n) is 20.6. The third kappa shape index (κ3) is 6.32. The highest BCUT2D eigenvalue weighted by molar-refractivity contribution is 6.16. The van der Waals surface area contributed by atoms with Crippen LogP contribution in [0, 0.1) is 0 Å². The molecule has 11 aromatic rings. The quantitative estimate of drug-likeness (QED) is 0.150. The topological polar surface area (TPSA) is 8.17 Å². The van der Waals surface area contributed by atoms with E-state index < -0.39 is 0 Å². The summed E-state index contributed by atoms with van der Waals surface area (Å²) in [7, 11) is 0. The summed E-state index contributed by atoms with van der Waals surface area (Å²) in [6.45, 7) is 0. The molecule has 10 aromatic carbocycles. The van der Waals surface area contributed by atoms with Crippen LogP contribution in [-0.2, 0) is 0 Å². The molecule has 0 aliphatic carbocycles. The fourth-order valence-corrected chi connectivity index (χ4v) is 8.95. The van der Waals surface area contributed by atoms with Crippen LogP contribution in [-0.4, -0.2) is 4.57 Å². The molecule has 0 aliphatic heterocycles. The molecule has 0 radical (unpaired) electrons. The Morgan fingerprint density at radius 3 is 1.57 bits per heavy atom. The summed E-state index contributed by atoms with van der Waals surface area (Å²) in [5.41, 5.74) is 16.4. The maximum absolute atomic E-state index is 2.39. The van der Waals surface area contributed by atoms with Crippen molar-refractivity contribution in [2.45, 2.75) is 0 Å². The van der Waals surface area contributed by atoms with Gasteiger partial charge in [0.25, 0.3) is 0 Å². The summed E-state index contributed by atoms with van der Waals surface area (Å²) >= 11 is 0. The zero-order valence-corrected chi connectivity index (χ0v) is 33.0. The molecule has 0 bridgehead atoms. The van der Waals surface area contributed by atoms with Gasteiger partial charge in [-0.25, -0.2) is 0 Å². The lowest BCUT2D eigenvalue weighted by molar-refractivity contribution is 1.18. The Labute approximate surface area is 350 Å². The van der Waals surface area contributed by atoms with E-state index in [1.165, 1.54) is 77.1 Å². The van der Waals surface area contributed by atoms with E-state index in [2.05, 4.69) is 252 Å². The molecular formula is C58H40N2. The maximum Gasteiger partial charge on any atom is 0.0547 e. The van der Waals surface area contributed by atoms with Gasteiger partial charge in [-0.05, 0) is 122 Å². The summed E-state index contributed by atoms with van der Waals surface area (Å²) in [5.74, 6) is 0. The number of aromatic nitrogens is 1. The first-order valence-corrected chi connectivity index (χ1v) is 20.6. The summed E-state index contributed by atoms with van der Waals surface area (Å²) in [5, 5.41) is 4.99. The molecule has 60 heavy (non-hydrogen) atoms. The van der Waals surface area contributed by atoms with Gasteiger partial charge in [-0.1, -0.05) is 176 Å². The van der Waals surface area contributed by atoms with Crippen molar-refractivity contribution in [3.05, 3.63) is 243 Å².